The van der Waals surface area contributed by atoms with E-state index in [-0.39, 0.29) is 31.2 Å². The smallest absolute Gasteiger partial charge is 0.341 e. The Kier molecular flexibility index (Phi) is 15.6. The molecule has 5 aromatic rings. The fourth-order valence-corrected chi connectivity index (χ4v) is 9.06. The summed E-state index contributed by atoms with van der Waals surface area (Å²) in [5.41, 5.74) is 7.74. The van der Waals surface area contributed by atoms with E-state index in [2.05, 4.69) is 73.9 Å². The van der Waals surface area contributed by atoms with Crippen molar-refractivity contribution in [1.82, 2.24) is 0 Å². The van der Waals surface area contributed by atoms with Crippen LogP contribution in [0.1, 0.15) is 63.1 Å². The molecule has 0 spiro atoms. The van der Waals surface area contributed by atoms with Gasteiger partial charge in [0.05, 0.1) is 53.1 Å². The van der Waals surface area contributed by atoms with Crippen LogP contribution >= 0.6 is 46.4 Å². The quantitative estimate of drug-likeness (QED) is 0.0489. The summed E-state index contributed by atoms with van der Waals surface area (Å²) < 4.78 is 28.6. The lowest BCUT2D eigenvalue weighted by Gasteiger charge is -2.29. The van der Waals surface area contributed by atoms with Gasteiger partial charge in [0.15, 0.2) is 5.60 Å². The van der Waals surface area contributed by atoms with E-state index in [9.17, 15) is 4.79 Å². The lowest BCUT2D eigenvalue weighted by Crippen LogP contribution is -2.27. The Morgan fingerprint density at radius 3 is 1.37 bits per heavy atom. The third-order valence-corrected chi connectivity index (χ3v) is 13.0. The Morgan fingerprint density at radius 2 is 1.00 bits per heavy atom. The van der Waals surface area contributed by atoms with Crippen molar-refractivity contribution >= 4 is 74.9 Å². The second-order valence-corrected chi connectivity index (χ2v) is 16.4. The Labute approximate surface area is 385 Å². The third kappa shape index (κ3) is 9.62. The van der Waals surface area contributed by atoms with Gasteiger partial charge in [-0.25, -0.2) is 4.79 Å². The predicted octanol–water partition coefficient (Wildman–Crippen LogP) is 12.5. The molecule has 1 heterocycles. The van der Waals surface area contributed by atoms with Gasteiger partial charge in [0.25, 0.3) is 0 Å². The summed E-state index contributed by atoms with van der Waals surface area (Å²) in [4.78, 5) is 18.9. The number of aryl methyl sites for hydroxylation is 2. The average molecular weight is 919 g/mol. The van der Waals surface area contributed by atoms with Crippen LogP contribution in [0.3, 0.4) is 0 Å². The first-order valence-corrected chi connectivity index (χ1v) is 21.9. The highest BCUT2D eigenvalue weighted by Crippen LogP contribution is 2.54. The van der Waals surface area contributed by atoms with Crippen molar-refractivity contribution in [3.05, 3.63) is 162 Å². The largest absolute Gasteiger partial charge is 0.497 e. The highest BCUT2D eigenvalue weighted by atomic mass is 35.5. The second-order valence-electron chi connectivity index (χ2n) is 14.9. The molecule has 0 amide bonds. The first-order chi connectivity index (χ1) is 29.8. The molecule has 1 aliphatic heterocycles. The van der Waals surface area contributed by atoms with Gasteiger partial charge in [-0.1, -0.05) is 82.8 Å². The number of benzene rings is 5. The summed E-state index contributed by atoms with van der Waals surface area (Å²) in [6.07, 6.45) is 3.85. The van der Waals surface area contributed by atoms with E-state index >= 15 is 0 Å². The fourth-order valence-electron chi connectivity index (χ4n) is 7.98. The highest BCUT2D eigenvalue weighted by molar-refractivity contribution is 6.53. The summed E-state index contributed by atoms with van der Waals surface area (Å²) >= 11 is 27.7. The summed E-state index contributed by atoms with van der Waals surface area (Å²) in [5, 5.41) is -0.0353. The normalized spacial score (nSPS) is 15.1. The number of fused-ring (bicyclic) bond motifs is 1. The van der Waals surface area contributed by atoms with Crippen LogP contribution in [-0.2, 0) is 19.8 Å². The molecule has 0 N–H and O–H groups in total. The van der Waals surface area contributed by atoms with Crippen molar-refractivity contribution in [2.45, 2.75) is 33.3 Å². The highest BCUT2D eigenvalue weighted by Gasteiger charge is 2.48. The number of carbonyl (C=O) groups is 1. The average Bonchev–Trinajstić information content (AvgIpc) is 3.58. The number of ether oxygens (including phenoxy) is 5. The zero-order valence-electron chi connectivity index (χ0n) is 36.3. The Morgan fingerprint density at radius 1 is 0.597 bits per heavy atom. The first kappa shape index (κ1) is 46.8. The van der Waals surface area contributed by atoms with Crippen LogP contribution in [0.15, 0.2) is 97.1 Å². The maximum absolute atomic E-state index is 14.4. The molecule has 6 rings (SSSR count). The minimum Gasteiger partial charge on any atom is -0.497 e. The van der Waals surface area contributed by atoms with Gasteiger partial charge in [-0.2, -0.15) is 0 Å². The van der Waals surface area contributed by atoms with Gasteiger partial charge in [-0.05, 0) is 133 Å². The van der Waals surface area contributed by atoms with Crippen LogP contribution in [0.25, 0.3) is 11.1 Å². The van der Waals surface area contributed by atoms with Crippen molar-refractivity contribution < 1.29 is 28.5 Å². The minimum atomic E-state index is -1.69. The molecule has 62 heavy (non-hydrogen) atoms. The van der Waals surface area contributed by atoms with Gasteiger partial charge in [0, 0.05) is 57.3 Å². The summed E-state index contributed by atoms with van der Waals surface area (Å²) in [6.45, 7) is 12.6. The van der Waals surface area contributed by atoms with Crippen LogP contribution in [0.5, 0.6) is 11.5 Å². The molecule has 0 radical (unpaired) electrons. The number of rotatable bonds is 18. The number of cyclic esters (lactones) is 1. The van der Waals surface area contributed by atoms with Gasteiger partial charge < -0.3 is 33.5 Å². The lowest BCUT2D eigenvalue weighted by molar-refractivity contribution is 0.0300. The molecule has 0 unspecified atom stereocenters. The molecule has 5 aromatic carbocycles. The molecule has 0 saturated heterocycles. The summed E-state index contributed by atoms with van der Waals surface area (Å²) in [6, 6.07) is 28.1. The van der Waals surface area contributed by atoms with Crippen molar-refractivity contribution in [3.8, 4) is 11.5 Å². The molecule has 1 aliphatic rings. The number of halogens is 4. The van der Waals surface area contributed by atoms with E-state index in [0.717, 1.165) is 82.1 Å². The Bertz CT molecular complexity index is 2340. The SMILES string of the molecule is CCN(CCOC)c1ccc(C(=CC2(C=C(c3ccc(OC)cc3)c3ccc(N(CC)CCOC)c(C)c3)OC(=O)c3c(Cl)c(Cl)c(Cl)c(Cl)c32)c2ccc(OC)cc2)cc1C. The second kappa shape index (κ2) is 20.7. The molecule has 8 nitrogen and oxygen atoms in total. The Hall–Kier alpha value is -4.67. The van der Waals surface area contributed by atoms with Gasteiger partial charge in [-0.3, -0.25) is 0 Å². The zero-order valence-corrected chi connectivity index (χ0v) is 39.4. The number of hydrogen-bond acceptors (Lipinski definition) is 8. The van der Waals surface area contributed by atoms with E-state index in [1.165, 1.54) is 0 Å². The molecule has 0 aromatic heterocycles. The van der Waals surface area contributed by atoms with Gasteiger partial charge in [0.2, 0.25) is 0 Å². The molecule has 0 bridgehead atoms. The van der Waals surface area contributed by atoms with Crippen LogP contribution < -0.4 is 19.3 Å². The van der Waals surface area contributed by atoms with Crippen LogP contribution in [0.2, 0.25) is 20.1 Å². The number of nitrogens with zero attached hydrogens (tertiary/aromatic N) is 2. The van der Waals surface area contributed by atoms with E-state index in [1.807, 2.05) is 60.7 Å². The van der Waals surface area contributed by atoms with Crippen LogP contribution in [0.4, 0.5) is 11.4 Å². The third-order valence-electron chi connectivity index (χ3n) is 11.2. The first-order valence-electron chi connectivity index (χ1n) is 20.4. The van der Waals surface area contributed by atoms with E-state index < -0.39 is 11.6 Å². The van der Waals surface area contributed by atoms with Crippen molar-refractivity contribution in [1.29, 1.82) is 0 Å². The van der Waals surface area contributed by atoms with Gasteiger partial charge in [-0.15, -0.1) is 0 Å². The topological polar surface area (TPSA) is 69.7 Å². The van der Waals surface area contributed by atoms with Gasteiger partial charge >= 0.3 is 5.97 Å². The number of likely N-dealkylation sites (N-methyl/N-ethyl adjacent to an activating group) is 2. The summed E-state index contributed by atoms with van der Waals surface area (Å²) in [7, 11) is 6.66. The molecule has 0 aliphatic carbocycles. The number of esters is 1. The standard InChI is InChI=1S/C50H52Cl4N2O6/c1-9-55(23-25-58-5)41-21-15-35(27-31(41)3)39(33-11-17-37(60-7)18-12-33)29-50(44-43(49(57)62-50)45(51)47(53)48(54)46(44)52)30-40(34-13-19-38(61-8)20-14-34)36-16-22-42(32(4)28-36)56(10-2)24-26-59-6/h11-22,27-30H,9-10,23-26H2,1-8H3. The Balaban J connectivity index is 1.71. The predicted molar refractivity (Wildman–Crippen MR) is 256 cm³/mol. The molecule has 12 heteroatoms. The molecular weight excluding hydrogens is 866 g/mol. The number of carbonyl (C=O) groups excluding carboxylic acids is 1. The minimum absolute atomic E-state index is 0.00498. The monoisotopic (exact) mass is 916 g/mol. The fraction of sp³-hybridized carbons (Fsp3) is 0.300. The number of methoxy groups -OCH3 is 4. The number of anilines is 2. The molecular formula is C50H52Cl4N2O6. The van der Waals surface area contributed by atoms with Crippen molar-refractivity contribution in [2.75, 3.05) is 77.6 Å². The van der Waals surface area contributed by atoms with E-state index in [4.69, 9.17) is 70.1 Å². The van der Waals surface area contributed by atoms with Crippen molar-refractivity contribution in [3.63, 3.8) is 0 Å². The molecule has 0 fully saturated rings. The van der Waals surface area contributed by atoms with Crippen LogP contribution in [0, 0.1) is 13.8 Å². The van der Waals surface area contributed by atoms with E-state index in [0.29, 0.717) is 24.7 Å². The molecule has 326 valence electrons. The van der Waals surface area contributed by atoms with Gasteiger partial charge in [0.1, 0.15) is 11.5 Å². The number of hydrogen-bond donors (Lipinski definition) is 0. The molecule has 0 saturated carbocycles. The zero-order chi connectivity index (χ0) is 44.7. The lowest BCUT2D eigenvalue weighted by atomic mass is 9.82. The van der Waals surface area contributed by atoms with E-state index in [1.54, 1.807) is 28.4 Å². The maximum atomic E-state index is 14.4. The van der Waals surface area contributed by atoms with Crippen molar-refractivity contribution in [2.24, 2.45) is 0 Å². The van der Waals surface area contributed by atoms with Crippen LogP contribution in [-0.4, -0.2) is 73.8 Å². The summed E-state index contributed by atoms with van der Waals surface area (Å²) in [5.74, 6) is 0.668. The maximum Gasteiger partial charge on any atom is 0.341 e. The molecule has 0 atom stereocenters.